The third-order valence-electron chi connectivity index (χ3n) is 3.91. The molecule has 1 heterocycles. The molecule has 0 bridgehead atoms. The maximum Gasteiger partial charge on any atom is 0.317 e. The molecule has 2 rings (SSSR count). The minimum Gasteiger partial charge on any atom is -0.480 e. The van der Waals surface area contributed by atoms with E-state index in [1.807, 2.05) is 18.7 Å². The number of hydrogen-bond acceptors (Lipinski definition) is 3. The third kappa shape index (κ3) is 3.19. The van der Waals surface area contributed by atoms with Gasteiger partial charge in [-0.25, -0.2) is 0 Å². The lowest BCUT2D eigenvalue weighted by Crippen LogP contribution is -2.54. The van der Waals surface area contributed by atoms with Gasteiger partial charge in [-0.05, 0) is 31.9 Å². The van der Waals surface area contributed by atoms with E-state index in [0.29, 0.717) is 12.1 Å². The van der Waals surface area contributed by atoms with E-state index in [1.165, 1.54) is 0 Å². The van der Waals surface area contributed by atoms with Crippen molar-refractivity contribution < 1.29 is 14.7 Å². The number of likely N-dealkylation sites (N-methyl/N-ethyl adjacent to an activating group) is 1. The molecule has 3 N–H and O–H groups in total. The number of carbonyl (C=O) groups excluding carboxylic acids is 1. The Morgan fingerprint density at radius 3 is 2.65 bits per heavy atom. The molecule has 6 nitrogen and oxygen atoms in total. The number of carboxylic acid groups (broad SMARTS) is 1. The SMILES string of the molecule is CCN(CC(=O)O)C1CC(NC(=O)c2c[nH]cc2C)C1. The van der Waals surface area contributed by atoms with Crippen molar-refractivity contribution in [1.82, 2.24) is 15.2 Å². The van der Waals surface area contributed by atoms with E-state index in [0.717, 1.165) is 18.4 Å². The lowest BCUT2D eigenvalue weighted by molar-refractivity contribution is -0.139. The summed E-state index contributed by atoms with van der Waals surface area (Å²) in [5.41, 5.74) is 1.60. The van der Waals surface area contributed by atoms with Crippen LogP contribution in [0.4, 0.5) is 0 Å². The minimum atomic E-state index is -0.803. The lowest BCUT2D eigenvalue weighted by atomic mass is 9.85. The predicted molar refractivity (Wildman–Crippen MR) is 74.7 cm³/mol. The number of amides is 1. The van der Waals surface area contributed by atoms with E-state index < -0.39 is 5.97 Å². The second-order valence-electron chi connectivity index (χ2n) is 5.30. The van der Waals surface area contributed by atoms with E-state index in [-0.39, 0.29) is 24.5 Å². The van der Waals surface area contributed by atoms with Crippen LogP contribution in [0.15, 0.2) is 12.4 Å². The number of aromatic nitrogens is 1. The fourth-order valence-electron chi connectivity index (χ4n) is 2.63. The van der Waals surface area contributed by atoms with E-state index in [4.69, 9.17) is 5.11 Å². The number of aliphatic carboxylic acids is 1. The molecule has 1 amide bonds. The Kier molecular flexibility index (Phi) is 4.44. The van der Waals surface area contributed by atoms with Crippen molar-refractivity contribution in [3.63, 3.8) is 0 Å². The molecule has 0 aliphatic heterocycles. The summed E-state index contributed by atoms with van der Waals surface area (Å²) in [7, 11) is 0. The lowest BCUT2D eigenvalue weighted by Gasteiger charge is -2.42. The highest BCUT2D eigenvalue weighted by Gasteiger charge is 2.34. The van der Waals surface area contributed by atoms with Gasteiger partial charge in [-0.15, -0.1) is 0 Å². The Morgan fingerprint density at radius 1 is 1.45 bits per heavy atom. The van der Waals surface area contributed by atoms with E-state index in [2.05, 4.69) is 10.3 Å². The van der Waals surface area contributed by atoms with Gasteiger partial charge in [0.15, 0.2) is 0 Å². The van der Waals surface area contributed by atoms with Gasteiger partial charge >= 0.3 is 5.97 Å². The third-order valence-corrected chi connectivity index (χ3v) is 3.91. The first kappa shape index (κ1) is 14.6. The summed E-state index contributed by atoms with van der Waals surface area (Å²) >= 11 is 0. The Labute approximate surface area is 118 Å². The van der Waals surface area contributed by atoms with Gasteiger partial charge in [-0.2, -0.15) is 0 Å². The van der Waals surface area contributed by atoms with Crippen molar-refractivity contribution in [2.45, 2.75) is 38.8 Å². The largest absolute Gasteiger partial charge is 0.480 e. The number of carboxylic acids is 1. The van der Waals surface area contributed by atoms with Crippen LogP contribution in [-0.2, 0) is 4.79 Å². The molecule has 0 spiro atoms. The average molecular weight is 279 g/mol. The van der Waals surface area contributed by atoms with E-state index >= 15 is 0 Å². The van der Waals surface area contributed by atoms with Crippen molar-refractivity contribution in [2.24, 2.45) is 0 Å². The van der Waals surface area contributed by atoms with Gasteiger partial charge in [0.25, 0.3) is 5.91 Å². The van der Waals surface area contributed by atoms with Gasteiger partial charge in [0.2, 0.25) is 0 Å². The highest BCUT2D eigenvalue weighted by atomic mass is 16.4. The van der Waals surface area contributed by atoms with Crippen molar-refractivity contribution in [3.05, 3.63) is 23.5 Å². The molecule has 1 saturated carbocycles. The highest BCUT2D eigenvalue weighted by Crippen LogP contribution is 2.26. The topological polar surface area (TPSA) is 85.4 Å². The normalized spacial score (nSPS) is 21.6. The van der Waals surface area contributed by atoms with Crippen LogP contribution in [0.25, 0.3) is 0 Å². The van der Waals surface area contributed by atoms with Gasteiger partial charge in [0.05, 0.1) is 12.1 Å². The summed E-state index contributed by atoms with van der Waals surface area (Å²) in [5.74, 6) is -0.865. The quantitative estimate of drug-likeness (QED) is 0.725. The number of carbonyl (C=O) groups is 2. The Morgan fingerprint density at radius 2 is 2.15 bits per heavy atom. The molecule has 6 heteroatoms. The highest BCUT2D eigenvalue weighted by molar-refractivity contribution is 5.95. The van der Waals surface area contributed by atoms with Crippen LogP contribution in [0.2, 0.25) is 0 Å². The smallest absolute Gasteiger partial charge is 0.317 e. The van der Waals surface area contributed by atoms with Crippen molar-refractivity contribution in [3.8, 4) is 0 Å². The molecule has 1 aromatic heterocycles. The first-order chi connectivity index (χ1) is 9.51. The molecule has 1 aliphatic rings. The standard InChI is InChI=1S/C14H21N3O3/c1-3-17(8-13(18)19)11-4-10(5-11)16-14(20)12-7-15-6-9(12)2/h6-7,10-11,15H,3-5,8H2,1-2H3,(H,16,20)(H,18,19). The van der Waals surface area contributed by atoms with Gasteiger partial charge in [0.1, 0.15) is 0 Å². The maximum absolute atomic E-state index is 12.0. The molecule has 110 valence electrons. The summed E-state index contributed by atoms with van der Waals surface area (Å²) in [6.45, 7) is 4.63. The molecular formula is C14H21N3O3. The van der Waals surface area contributed by atoms with Crippen LogP contribution in [0, 0.1) is 6.92 Å². The monoisotopic (exact) mass is 279 g/mol. The number of rotatable bonds is 6. The average Bonchev–Trinajstić information content (AvgIpc) is 2.76. The molecular weight excluding hydrogens is 258 g/mol. The van der Waals surface area contributed by atoms with Crippen LogP contribution >= 0.6 is 0 Å². The van der Waals surface area contributed by atoms with Crippen molar-refractivity contribution >= 4 is 11.9 Å². The van der Waals surface area contributed by atoms with Gasteiger partial charge in [-0.1, -0.05) is 6.92 Å². The summed E-state index contributed by atoms with van der Waals surface area (Å²) in [5, 5.41) is 11.8. The zero-order valence-electron chi connectivity index (χ0n) is 11.8. The molecule has 0 aromatic carbocycles. The first-order valence-electron chi connectivity index (χ1n) is 6.91. The van der Waals surface area contributed by atoms with Gasteiger partial charge < -0.3 is 15.4 Å². The van der Waals surface area contributed by atoms with Gasteiger partial charge in [-0.3, -0.25) is 14.5 Å². The Hall–Kier alpha value is -1.82. The van der Waals surface area contributed by atoms with E-state index in [1.54, 1.807) is 12.4 Å². The Balaban J connectivity index is 1.80. The summed E-state index contributed by atoms with van der Waals surface area (Å²) < 4.78 is 0. The molecule has 1 aromatic rings. The fourth-order valence-corrected chi connectivity index (χ4v) is 2.63. The number of hydrogen-bond donors (Lipinski definition) is 3. The number of H-pyrrole nitrogens is 1. The summed E-state index contributed by atoms with van der Waals surface area (Å²) in [4.78, 5) is 27.6. The van der Waals surface area contributed by atoms with Crippen LogP contribution in [0.5, 0.6) is 0 Å². The summed E-state index contributed by atoms with van der Waals surface area (Å²) in [6, 6.07) is 0.401. The van der Waals surface area contributed by atoms with Crippen LogP contribution in [0.1, 0.15) is 35.7 Å². The maximum atomic E-state index is 12.0. The van der Waals surface area contributed by atoms with Crippen molar-refractivity contribution in [1.29, 1.82) is 0 Å². The number of nitrogens with zero attached hydrogens (tertiary/aromatic N) is 1. The van der Waals surface area contributed by atoms with Crippen molar-refractivity contribution in [2.75, 3.05) is 13.1 Å². The zero-order chi connectivity index (χ0) is 14.7. The minimum absolute atomic E-state index is 0.0616. The first-order valence-corrected chi connectivity index (χ1v) is 6.91. The number of aromatic amines is 1. The second kappa shape index (κ2) is 6.09. The van der Waals surface area contributed by atoms with Crippen LogP contribution < -0.4 is 5.32 Å². The Bertz CT molecular complexity index is 492. The summed E-state index contributed by atoms with van der Waals surface area (Å²) in [6.07, 6.45) is 5.13. The molecule has 1 fully saturated rings. The van der Waals surface area contributed by atoms with Crippen LogP contribution in [0.3, 0.4) is 0 Å². The van der Waals surface area contributed by atoms with Gasteiger partial charge in [0, 0.05) is 24.5 Å². The molecule has 0 radical (unpaired) electrons. The number of aryl methyl sites for hydroxylation is 1. The van der Waals surface area contributed by atoms with E-state index in [9.17, 15) is 9.59 Å². The predicted octanol–water partition coefficient (Wildman–Crippen LogP) is 0.990. The van der Waals surface area contributed by atoms with Crippen LogP contribution in [-0.4, -0.2) is 52.0 Å². The fraction of sp³-hybridized carbons (Fsp3) is 0.571. The zero-order valence-corrected chi connectivity index (χ0v) is 11.8. The second-order valence-corrected chi connectivity index (χ2v) is 5.30. The number of nitrogens with one attached hydrogen (secondary N) is 2. The molecule has 1 aliphatic carbocycles. The molecule has 20 heavy (non-hydrogen) atoms. The molecule has 0 unspecified atom stereocenters. The molecule has 0 saturated heterocycles. The molecule has 0 atom stereocenters.